The van der Waals surface area contributed by atoms with Gasteiger partial charge in [-0.2, -0.15) is 10.4 Å². The summed E-state index contributed by atoms with van der Waals surface area (Å²) < 4.78 is 12.8. The Bertz CT molecular complexity index is 1290. The minimum atomic E-state index is -0.353. The minimum Gasteiger partial charge on any atom is -0.492 e. The molecule has 0 aliphatic carbocycles. The molecule has 3 aromatic rings. The Labute approximate surface area is 224 Å². The van der Waals surface area contributed by atoms with Crippen LogP contribution >= 0.6 is 0 Å². The van der Waals surface area contributed by atoms with Gasteiger partial charge in [0.1, 0.15) is 17.6 Å². The number of amides is 1. The SMILES string of the molecule is CCOc1cc(-c2ccc(N3CCC(CN(C)C)(NC(=O)OCC(C)C)CC3)nc2)c2c(C#N)cnn2c1. The first-order chi connectivity index (χ1) is 18.2. The van der Waals surface area contributed by atoms with Gasteiger partial charge < -0.3 is 24.6 Å². The number of nitrogens with one attached hydrogen (secondary N) is 1. The standard InChI is InChI=1S/C28H37N7O3/c1-6-37-23-13-24(26-22(14-29)16-31-35(26)17-23)21-7-8-25(30-15-21)34-11-9-28(10-12-34,19-33(4)5)32-27(36)38-18-20(2)3/h7-8,13,15-17,20H,6,9-12,18-19H2,1-5H3,(H,32,36). The van der Waals surface area contributed by atoms with Crippen molar-refractivity contribution in [1.29, 1.82) is 5.26 Å². The molecule has 0 aromatic carbocycles. The van der Waals surface area contributed by atoms with Crippen molar-refractivity contribution in [2.75, 3.05) is 51.8 Å². The summed E-state index contributed by atoms with van der Waals surface area (Å²) in [6, 6.07) is 8.18. The number of piperidine rings is 1. The number of pyridine rings is 2. The summed E-state index contributed by atoms with van der Waals surface area (Å²) in [5.74, 6) is 1.85. The first kappa shape index (κ1) is 27.2. The Morgan fingerprint density at radius 1 is 1.26 bits per heavy atom. The van der Waals surface area contributed by atoms with E-state index in [2.05, 4.69) is 26.3 Å². The van der Waals surface area contributed by atoms with Crippen molar-refractivity contribution < 1.29 is 14.3 Å². The summed E-state index contributed by atoms with van der Waals surface area (Å²) in [6.45, 7) is 9.17. The highest BCUT2D eigenvalue weighted by Gasteiger charge is 2.37. The van der Waals surface area contributed by atoms with E-state index in [0.29, 0.717) is 30.4 Å². The van der Waals surface area contributed by atoms with Crippen LogP contribution in [0.4, 0.5) is 10.6 Å². The van der Waals surface area contributed by atoms with E-state index < -0.39 is 0 Å². The summed E-state index contributed by atoms with van der Waals surface area (Å²) >= 11 is 0. The minimum absolute atomic E-state index is 0.291. The lowest BCUT2D eigenvalue weighted by Crippen LogP contribution is -2.60. The molecule has 1 aliphatic heterocycles. The monoisotopic (exact) mass is 519 g/mol. The molecule has 1 N–H and O–H groups in total. The molecule has 1 saturated heterocycles. The van der Waals surface area contributed by atoms with Gasteiger partial charge in [0.25, 0.3) is 0 Å². The van der Waals surface area contributed by atoms with Crippen molar-refractivity contribution in [3.05, 3.63) is 42.4 Å². The molecule has 0 bridgehead atoms. The number of alkyl carbamates (subject to hydrolysis) is 1. The first-order valence-corrected chi connectivity index (χ1v) is 13.1. The highest BCUT2D eigenvalue weighted by atomic mass is 16.5. The fourth-order valence-electron chi connectivity index (χ4n) is 4.96. The Kier molecular flexibility index (Phi) is 8.37. The van der Waals surface area contributed by atoms with Crippen molar-refractivity contribution >= 4 is 17.4 Å². The quantitative estimate of drug-likeness (QED) is 0.453. The topological polar surface area (TPSA) is 108 Å². The van der Waals surface area contributed by atoms with Crippen LogP contribution in [0, 0.1) is 17.2 Å². The van der Waals surface area contributed by atoms with Crippen molar-refractivity contribution in [2.45, 2.75) is 39.2 Å². The number of nitrogens with zero attached hydrogens (tertiary/aromatic N) is 6. The smallest absolute Gasteiger partial charge is 0.407 e. The fourth-order valence-corrected chi connectivity index (χ4v) is 4.96. The lowest BCUT2D eigenvalue weighted by atomic mass is 9.87. The van der Waals surface area contributed by atoms with Crippen LogP contribution in [-0.4, -0.2) is 78.1 Å². The van der Waals surface area contributed by atoms with E-state index in [1.807, 2.05) is 59.3 Å². The molecule has 38 heavy (non-hydrogen) atoms. The maximum Gasteiger partial charge on any atom is 0.407 e. The van der Waals surface area contributed by atoms with Crippen LogP contribution in [0.5, 0.6) is 5.75 Å². The zero-order chi connectivity index (χ0) is 27.3. The van der Waals surface area contributed by atoms with Gasteiger partial charge in [-0.3, -0.25) is 0 Å². The van der Waals surface area contributed by atoms with E-state index in [4.69, 9.17) is 14.5 Å². The van der Waals surface area contributed by atoms with Gasteiger partial charge in [0, 0.05) is 37.0 Å². The summed E-state index contributed by atoms with van der Waals surface area (Å²) in [5.41, 5.74) is 2.60. The highest BCUT2D eigenvalue weighted by Crippen LogP contribution is 2.32. The van der Waals surface area contributed by atoms with Crippen molar-refractivity contribution in [3.8, 4) is 22.9 Å². The van der Waals surface area contributed by atoms with Gasteiger partial charge in [-0.25, -0.2) is 14.3 Å². The number of hydrogen-bond donors (Lipinski definition) is 1. The average molecular weight is 520 g/mol. The number of nitriles is 1. The molecule has 0 radical (unpaired) electrons. The number of aromatic nitrogens is 3. The molecule has 0 saturated carbocycles. The molecule has 0 atom stereocenters. The van der Waals surface area contributed by atoms with Gasteiger partial charge in [0.15, 0.2) is 0 Å². The second-order valence-corrected chi connectivity index (χ2v) is 10.5. The van der Waals surface area contributed by atoms with Crippen molar-refractivity contribution in [2.24, 2.45) is 5.92 Å². The summed E-state index contributed by atoms with van der Waals surface area (Å²) in [4.78, 5) is 21.6. The number of carbonyl (C=O) groups is 1. The van der Waals surface area contributed by atoms with Crippen LogP contribution in [0.3, 0.4) is 0 Å². The number of fused-ring (bicyclic) bond motifs is 1. The normalized spacial score (nSPS) is 15.1. The summed E-state index contributed by atoms with van der Waals surface area (Å²) in [7, 11) is 4.04. The lowest BCUT2D eigenvalue weighted by molar-refractivity contribution is 0.108. The van der Waals surface area contributed by atoms with Gasteiger partial charge >= 0.3 is 6.09 Å². The molecule has 4 heterocycles. The largest absolute Gasteiger partial charge is 0.492 e. The number of hydrogen-bond acceptors (Lipinski definition) is 8. The molecule has 0 unspecified atom stereocenters. The predicted molar refractivity (Wildman–Crippen MR) is 146 cm³/mol. The molecular weight excluding hydrogens is 482 g/mol. The molecule has 10 heteroatoms. The van der Waals surface area contributed by atoms with Crippen LogP contribution in [0.1, 0.15) is 39.2 Å². The molecular formula is C28H37N7O3. The van der Waals surface area contributed by atoms with Gasteiger partial charge in [0.05, 0.1) is 42.2 Å². The van der Waals surface area contributed by atoms with Crippen LogP contribution in [0.25, 0.3) is 16.6 Å². The molecule has 1 fully saturated rings. The molecule has 3 aromatic heterocycles. The Morgan fingerprint density at radius 3 is 2.63 bits per heavy atom. The highest BCUT2D eigenvalue weighted by molar-refractivity contribution is 5.85. The second-order valence-electron chi connectivity index (χ2n) is 10.5. The van der Waals surface area contributed by atoms with Gasteiger partial charge in [-0.05, 0) is 58.0 Å². The zero-order valence-corrected chi connectivity index (χ0v) is 22.9. The predicted octanol–water partition coefficient (Wildman–Crippen LogP) is 3.95. The Hall–Kier alpha value is -3.84. The summed E-state index contributed by atoms with van der Waals surface area (Å²) in [6.07, 6.45) is 6.39. The van der Waals surface area contributed by atoms with E-state index in [-0.39, 0.29) is 11.6 Å². The third-order valence-corrected chi connectivity index (χ3v) is 6.66. The fraction of sp³-hybridized carbons (Fsp3) is 0.500. The summed E-state index contributed by atoms with van der Waals surface area (Å²) in [5, 5.41) is 17.1. The Morgan fingerprint density at radius 2 is 2.03 bits per heavy atom. The van der Waals surface area contributed by atoms with Crippen LogP contribution in [0.15, 0.2) is 36.8 Å². The molecule has 4 rings (SSSR count). The Balaban J connectivity index is 1.51. The second kappa shape index (κ2) is 11.7. The maximum absolute atomic E-state index is 12.5. The molecule has 10 nitrogen and oxygen atoms in total. The van der Waals surface area contributed by atoms with E-state index in [0.717, 1.165) is 54.9 Å². The van der Waals surface area contributed by atoms with E-state index >= 15 is 0 Å². The van der Waals surface area contributed by atoms with E-state index in [1.54, 1.807) is 16.9 Å². The number of carbonyl (C=O) groups excluding carboxylic acids is 1. The average Bonchev–Trinajstić information content (AvgIpc) is 3.30. The van der Waals surface area contributed by atoms with Crippen molar-refractivity contribution in [3.63, 3.8) is 0 Å². The number of anilines is 1. The van der Waals surface area contributed by atoms with Crippen LogP contribution < -0.4 is 15.0 Å². The zero-order valence-electron chi connectivity index (χ0n) is 22.9. The molecule has 1 amide bonds. The van der Waals surface area contributed by atoms with Gasteiger partial charge in [0.2, 0.25) is 0 Å². The number of rotatable bonds is 9. The van der Waals surface area contributed by atoms with Gasteiger partial charge in [-0.1, -0.05) is 13.8 Å². The van der Waals surface area contributed by atoms with Crippen LogP contribution in [-0.2, 0) is 4.74 Å². The van der Waals surface area contributed by atoms with E-state index in [9.17, 15) is 10.1 Å². The molecule has 1 aliphatic rings. The molecule has 0 spiro atoms. The van der Waals surface area contributed by atoms with E-state index in [1.165, 1.54) is 0 Å². The van der Waals surface area contributed by atoms with Gasteiger partial charge in [-0.15, -0.1) is 0 Å². The first-order valence-electron chi connectivity index (χ1n) is 13.1. The third kappa shape index (κ3) is 6.17. The third-order valence-electron chi connectivity index (χ3n) is 6.66. The number of ether oxygens (including phenoxy) is 2. The number of likely N-dealkylation sites (N-methyl/N-ethyl adjacent to an activating group) is 1. The molecule has 202 valence electrons. The van der Waals surface area contributed by atoms with Crippen LogP contribution in [0.2, 0.25) is 0 Å². The maximum atomic E-state index is 12.5. The van der Waals surface area contributed by atoms with Crippen molar-refractivity contribution in [1.82, 2.24) is 24.8 Å². The lowest BCUT2D eigenvalue weighted by Gasteiger charge is -2.43.